The number of piperidine rings is 1. The highest BCUT2D eigenvalue weighted by molar-refractivity contribution is 7.89. The molecule has 1 unspecified atom stereocenters. The molecule has 1 aliphatic rings. The van der Waals surface area contributed by atoms with E-state index in [2.05, 4.69) is 20.8 Å². The van der Waals surface area contributed by atoms with Gasteiger partial charge in [-0.3, -0.25) is 4.79 Å². The van der Waals surface area contributed by atoms with E-state index < -0.39 is 10.0 Å². The summed E-state index contributed by atoms with van der Waals surface area (Å²) in [5, 5.41) is 0.485. The molecule has 0 aromatic heterocycles. The molecular formula is C20H30Cl2N2O3S. The molecule has 5 nitrogen and oxygen atoms in total. The minimum atomic E-state index is -3.73. The number of carbonyl (C=O) groups is 1. The summed E-state index contributed by atoms with van der Waals surface area (Å²) in [6, 6.07) is 4.63. The highest BCUT2D eigenvalue weighted by atomic mass is 35.5. The molecule has 0 bridgehead atoms. The minimum Gasteiger partial charge on any atom is -0.340 e. The largest absolute Gasteiger partial charge is 0.340 e. The van der Waals surface area contributed by atoms with Gasteiger partial charge in [-0.05, 0) is 50.8 Å². The van der Waals surface area contributed by atoms with Crippen molar-refractivity contribution in [2.45, 2.75) is 63.8 Å². The molecule has 1 amide bonds. The summed E-state index contributed by atoms with van der Waals surface area (Å²) in [6.45, 7) is 7.66. The molecule has 1 heterocycles. The number of benzene rings is 1. The Morgan fingerprint density at radius 1 is 1.25 bits per heavy atom. The van der Waals surface area contributed by atoms with E-state index in [4.69, 9.17) is 23.2 Å². The fraction of sp³-hybridized carbons (Fsp3) is 0.650. The molecule has 0 spiro atoms. The highest BCUT2D eigenvalue weighted by Crippen LogP contribution is 2.31. The molecule has 1 aromatic rings. The van der Waals surface area contributed by atoms with Crippen LogP contribution in [0, 0.1) is 5.92 Å². The molecule has 0 aliphatic carbocycles. The van der Waals surface area contributed by atoms with Crippen molar-refractivity contribution in [1.29, 1.82) is 0 Å². The Bertz CT molecular complexity index is 778. The Labute approximate surface area is 179 Å². The molecule has 1 aliphatic heterocycles. The number of rotatable bonds is 8. The Kier molecular flexibility index (Phi) is 8.61. The first-order valence-corrected chi connectivity index (χ1v) is 12.2. The fourth-order valence-electron chi connectivity index (χ4n) is 3.49. The maximum atomic E-state index is 13.0. The zero-order valence-electron chi connectivity index (χ0n) is 16.8. The third-order valence-corrected chi connectivity index (χ3v) is 8.09. The van der Waals surface area contributed by atoms with Crippen LogP contribution in [0.25, 0.3) is 0 Å². The Morgan fingerprint density at radius 2 is 1.89 bits per heavy atom. The first-order chi connectivity index (χ1) is 13.2. The summed E-state index contributed by atoms with van der Waals surface area (Å²) >= 11 is 12.0. The van der Waals surface area contributed by atoms with Gasteiger partial charge in [-0.25, -0.2) is 8.42 Å². The van der Waals surface area contributed by atoms with Crippen LogP contribution in [0.1, 0.15) is 52.9 Å². The smallest absolute Gasteiger partial charge is 0.244 e. The fourth-order valence-corrected chi connectivity index (χ4v) is 5.70. The molecule has 8 heteroatoms. The third kappa shape index (κ3) is 5.41. The molecule has 158 valence electrons. The molecular weight excluding hydrogens is 419 g/mol. The van der Waals surface area contributed by atoms with Gasteiger partial charge >= 0.3 is 0 Å². The number of hydrogen-bond donors (Lipinski definition) is 0. The van der Waals surface area contributed by atoms with E-state index in [-0.39, 0.29) is 27.8 Å². The van der Waals surface area contributed by atoms with Crippen molar-refractivity contribution in [1.82, 2.24) is 9.21 Å². The van der Waals surface area contributed by atoms with E-state index >= 15 is 0 Å². The van der Waals surface area contributed by atoms with Crippen molar-refractivity contribution < 1.29 is 13.2 Å². The number of unbranched alkanes of at least 4 members (excludes halogenated alkanes) is 1. The van der Waals surface area contributed by atoms with Gasteiger partial charge in [0.05, 0.1) is 5.02 Å². The molecule has 0 saturated carbocycles. The minimum absolute atomic E-state index is 0.0237. The molecule has 0 N–H and O–H groups in total. The second kappa shape index (κ2) is 10.3. The van der Waals surface area contributed by atoms with E-state index in [1.165, 1.54) is 16.4 Å². The van der Waals surface area contributed by atoms with Crippen LogP contribution in [0.3, 0.4) is 0 Å². The standard InChI is InChI=1S/C20H30Cl2N2O3S/c1-4-6-11-24(15(3)5-2)20(25)16-9-12-23(13-10-16)28(26,27)19-14-17(21)7-8-18(19)22/h7-8,14-16H,4-6,9-13H2,1-3H3. The van der Waals surface area contributed by atoms with Gasteiger partial charge in [-0.15, -0.1) is 0 Å². The van der Waals surface area contributed by atoms with Gasteiger partial charge in [0.15, 0.2) is 0 Å². The predicted octanol–water partition coefficient (Wildman–Crippen LogP) is 4.82. The number of nitrogens with zero attached hydrogens (tertiary/aromatic N) is 2. The van der Waals surface area contributed by atoms with Crippen LogP contribution in [-0.4, -0.2) is 49.2 Å². The average Bonchev–Trinajstić information content (AvgIpc) is 2.69. The molecule has 1 saturated heterocycles. The quantitative estimate of drug-likeness (QED) is 0.572. The van der Waals surface area contributed by atoms with Crippen molar-refractivity contribution in [2.24, 2.45) is 5.92 Å². The van der Waals surface area contributed by atoms with Gasteiger partial charge in [-0.1, -0.05) is 43.5 Å². The SMILES string of the molecule is CCCCN(C(=O)C1CCN(S(=O)(=O)c2cc(Cl)ccc2Cl)CC1)C(C)CC. The lowest BCUT2D eigenvalue weighted by molar-refractivity contribution is -0.139. The number of sulfonamides is 1. The van der Waals surface area contributed by atoms with Crippen LogP contribution in [0.15, 0.2) is 23.1 Å². The van der Waals surface area contributed by atoms with Gasteiger partial charge in [-0.2, -0.15) is 4.31 Å². The van der Waals surface area contributed by atoms with Crippen LogP contribution >= 0.6 is 23.2 Å². The monoisotopic (exact) mass is 448 g/mol. The normalized spacial score (nSPS) is 17.5. The lowest BCUT2D eigenvalue weighted by atomic mass is 9.95. The molecule has 2 rings (SSSR count). The van der Waals surface area contributed by atoms with Gasteiger partial charge in [0.25, 0.3) is 0 Å². The predicted molar refractivity (Wildman–Crippen MR) is 114 cm³/mol. The highest BCUT2D eigenvalue weighted by Gasteiger charge is 2.35. The number of amides is 1. The lowest BCUT2D eigenvalue weighted by Gasteiger charge is -2.36. The maximum Gasteiger partial charge on any atom is 0.244 e. The van der Waals surface area contributed by atoms with Gasteiger partial charge in [0.2, 0.25) is 15.9 Å². The summed E-state index contributed by atoms with van der Waals surface area (Å²) in [7, 11) is -3.73. The second-order valence-electron chi connectivity index (χ2n) is 7.40. The first kappa shape index (κ1) is 23.5. The zero-order chi connectivity index (χ0) is 20.9. The van der Waals surface area contributed by atoms with E-state index in [9.17, 15) is 13.2 Å². The zero-order valence-corrected chi connectivity index (χ0v) is 19.2. The van der Waals surface area contributed by atoms with Gasteiger partial charge in [0.1, 0.15) is 4.90 Å². The summed E-state index contributed by atoms with van der Waals surface area (Å²) in [4.78, 5) is 15.1. The van der Waals surface area contributed by atoms with E-state index in [0.29, 0.717) is 31.0 Å². The summed E-state index contributed by atoms with van der Waals surface area (Å²) < 4.78 is 27.3. The van der Waals surface area contributed by atoms with Crippen LogP contribution in [0.4, 0.5) is 0 Å². The van der Waals surface area contributed by atoms with E-state index in [1.807, 2.05) is 4.90 Å². The van der Waals surface area contributed by atoms with Crippen LogP contribution < -0.4 is 0 Å². The summed E-state index contributed by atoms with van der Waals surface area (Å²) in [5.41, 5.74) is 0. The third-order valence-electron chi connectivity index (χ3n) is 5.47. The molecule has 1 atom stereocenters. The van der Waals surface area contributed by atoms with Crippen LogP contribution in [0.2, 0.25) is 10.0 Å². The van der Waals surface area contributed by atoms with Crippen molar-refractivity contribution in [3.8, 4) is 0 Å². The second-order valence-corrected chi connectivity index (χ2v) is 10.1. The Hall–Kier alpha value is -0.820. The topological polar surface area (TPSA) is 57.7 Å². The van der Waals surface area contributed by atoms with Gasteiger partial charge in [0, 0.05) is 36.6 Å². The van der Waals surface area contributed by atoms with Gasteiger partial charge < -0.3 is 4.90 Å². The molecule has 1 aromatic carbocycles. The van der Waals surface area contributed by atoms with Crippen molar-refractivity contribution in [3.05, 3.63) is 28.2 Å². The first-order valence-electron chi connectivity index (χ1n) is 9.98. The lowest BCUT2D eigenvalue weighted by Crippen LogP contribution is -2.47. The van der Waals surface area contributed by atoms with Crippen molar-refractivity contribution >= 4 is 39.1 Å². The summed E-state index contributed by atoms with van der Waals surface area (Å²) in [5.74, 6) is 0.0211. The van der Waals surface area contributed by atoms with E-state index in [0.717, 1.165) is 25.8 Å². The molecule has 28 heavy (non-hydrogen) atoms. The molecule has 1 fully saturated rings. The van der Waals surface area contributed by atoms with E-state index in [1.54, 1.807) is 6.07 Å². The Balaban J connectivity index is 2.08. The number of hydrogen-bond acceptors (Lipinski definition) is 3. The van der Waals surface area contributed by atoms with Crippen LogP contribution in [-0.2, 0) is 14.8 Å². The van der Waals surface area contributed by atoms with Crippen molar-refractivity contribution in [2.75, 3.05) is 19.6 Å². The van der Waals surface area contributed by atoms with Crippen LogP contribution in [0.5, 0.6) is 0 Å². The molecule has 0 radical (unpaired) electrons. The Morgan fingerprint density at radius 3 is 2.46 bits per heavy atom. The summed E-state index contributed by atoms with van der Waals surface area (Å²) in [6.07, 6.45) is 3.98. The maximum absolute atomic E-state index is 13.0. The number of halogens is 2. The average molecular weight is 449 g/mol. The number of carbonyl (C=O) groups excluding carboxylic acids is 1. The van der Waals surface area contributed by atoms with Crippen molar-refractivity contribution in [3.63, 3.8) is 0 Å².